The van der Waals surface area contributed by atoms with E-state index in [1.165, 1.54) is 60.6 Å². The molecule has 1 nitrogen and oxygen atoms in total. The standard InChI is InChI=1S/C38H43NSi/c1-24(2)32-20-29(28-13-11-10-12-14-28)21-33(25(3)4)38(32)35-23-37(30-18-26(5)17-27(6)19-30)39-36-16-15-31(22-34(35)36)40(7,8)9/h10-25H,1-9H3. The molecule has 0 saturated carbocycles. The van der Waals surface area contributed by atoms with E-state index in [-0.39, 0.29) is 0 Å². The van der Waals surface area contributed by atoms with Crippen LogP contribution in [0.25, 0.3) is 44.4 Å². The molecule has 0 spiro atoms. The van der Waals surface area contributed by atoms with Crippen LogP contribution < -0.4 is 5.19 Å². The van der Waals surface area contributed by atoms with E-state index in [2.05, 4.69) is 146 Å². The van der Waals surface area contributed by atoms with Gasteiger partial charge in [0, 0.05) is 10.9 Å². The largest absolute Gasteiger partial charge is 0.248 e. The molecule has 1 heterocycles. The van der Waals surface area contributed by atoms with Crippen molar-refractivity contribution < 1.29 is 0 Å². The van der Waals surface area contributed by atoms with Gasteiger partial charge in [0.05, 0.1) is 19.3 Å². The minimum absolute atomic E-state index is 0.379. The van der Waals surface area contributed by atoms with Gasteiger partial charge in [-0.1, -0.05) is 124 Å². The second-order valence-corrected chi connectivity index (χ2v) is 18.2. The lowest BCUT2D eigenvalue weighted by molar-refractivity contribution is 0.839. The first-order chi connectivity index (χ1) is 18.9. The summed E-state index contributed by atoms with van der Waals surface area (Å²) in [5, 5.41) is 2.74. The Bertz CT molecular complexity index is 1640. The lowest BCUT2D eigenvalue weighted by Crippen LogP contribution is -2.37. The lowest BCUT2D eigenvalue weighted by atomic mass is 9.81. The van der Waals surface area contributed by atoms with Crippen molar-refractivity contribution in [3.8, 4) is 33.5 Å². The van der Waals surface area contributed by atoms with E-state index in [0.717, 1.165) is 11.2 Å². The topological polar surface area (TPSA) is 12.9 Å². The third-order valence-electron chi connectivity index (χ3n) is 8.01. The van der Waals surface area contributed by atoms with E-state index in [9.17, 15) is 0 Å². The molecule has 0 unspecified atom stereocenters. The molecule has 4 aromatic carbocycles. The minimum atomic E-state index is -1.52. The van der Waals surface area contributed by atoms with Crippen molar-refractivity contribution in [1.82, 2.24) is 4.98 Å². The molecule has 0 aliphatic heterocycles. The van der Waals surface area contributed by atoms with Gasteiger partial charge in [0.25, 0.3) is 0 Å². The highest BCUT2D eigenvalue weighted by molar-refractivity contribution is 6.88. The maximum atomic E-state index is 5.27. The van der Waals surface area contributed by atoms with Crippen LogP contribution in [-0.2, 0) is 0 Å². The van der Waals surface area contributed by atoms with E-state index in [0.29, 0.717) is 11.8 Å². The number of hydrogen-bond donors (Lipinski definition) is 0. The fraction of sp³-hybridized carbons (Fsp3) is 0.289. The number of rotatable bonds is 6. The van der Waals surface area contributed by atoms with Gasteiger partial charge in [0.15, 0.2) is 0 Å². The first-order valence-electron chi connectivity index (χ1n) is 14.7. The molecule has 2 heteroatoms. The van der Waals surface area contributed by atoms with Crippen LogP contribution in [0.3, 0.4) is 0 Å². The highest BCUT2D eigenvalue weighted by atomic mass is 28.3. The summed E-state index contributed by atoms with van der Waals surface area (Å²) in [4.78, 5) is 5.27. The Morgan fingerprint density at radius 2 is 1.20 bits per heavy atom. The van der Waals surface area contributed by atoms with Gasteiger partial charge in [-0.05, 0) is 83.3 Å². The number of nitrogens with zero attached hydrogens (tertiary/aromatic N) is 1. The quantitative estimate of drug-likeness (QED) is 0.195. The molecule has 204 valence electrons. The Hall–Kier alpha value is -3.49. The van der Waals surface area contributed by atoms with Gasteiger partial charge in [0.1, 0.15) is 0 Å². The molecule has 1 aromatic heterocycles. The zero-order chi connectivity index (χ0) is 28.8. The highest BCUT2D eigenvalue weighted by Gasteiger charge is 2.23. The maximum absolute atomic E-state index is 5.27. The molecule has 5 rings (SSSR count). The normalized spacial score (nSPS) is 12.1. The van der Waals surface area contributed by atoms with Crippen LogP contribution in [0.1, 0.15) is 61.8 Å². The van der Waals surface area contributed by atoms with Gasteiger partial charge in [-0.15, -0.1) is 0 Å². The molecule has 0 fully saturated rings. The zero-order valence-electron chi connectivity index (χ0n) is 25.7. The SMILES string of the molecule is Cc1cc(C)cc(-c2cc(-c3c(C(C)C)cc(-c4ccccc4)cc3C(C)C)c3cc([Si](C)(C)C)ccc3n2)c1. The highest BCUT2D eigenvalue weighted by Crippen LogP contribution is 2.43. The van der Waals surface area contributed by atoms with Crippen LogP contribution in [-0.4, -0.2) is 13.1 Å². The third kappa shape index (κ3) is 5.56. The van der Waals surface area contributed by atoms with Gasteiger partial charge in [-0.2, -0.15) is 0 Å². The number of aryl methyl sites for hydroxylation is 2. The zero-order valence-corrected chi connectivity index (χ0v) is 26.7. The molecule has 40 heavy (non-hydrogen) atoms. The van der Waals surface area contributed by atoms with Crippen molar-refractivity contribution in [3.63, 3.8) is 0 Å². The second kappa shape index (κ2) is 10.8. The van der Waals surface area contributed by atoms with Gasteiger partial charge >= 0.3 is 0 Å². The molecule has 0 N–H and O–H groups in total. The van der Waals surface area contributed by atoms with E-state index in [1.54, 1.807) is 0 Å². The summed E-state index contributed by atoms with van der Waals surface area (Å²) in [6.07, 6.45) is 0. The Morgan fingerprint density at radius 3 is 1.75 bits per heavy atom. The summed E-state index contributed by atoms with van der Waals surface area (Å²) in [5.41, 5.74) is 13.9. The average Bonchev–Trinajstić information content (AvgIpc) is 2.90. The molecule has 0 aliphatic carbocycles. The summed E-state index contributed by atoms with van der Waals surface area (Å²) in [6, 6.07) is 31.9. The van der Waals surface area contributed by atoms with E-state index in [4.69, 9.17) is 4.98 Å². The fourth-order valence-electron chi connectivity index (χ4n) is 5.88. The lowest BCUT2D eigenvalue weighted by Gasteiger charge is -2.25. The fourth-order valence-corrected chi connectivity index (χ4v) is 7.04. The Morgan fingerprint density at radius 1 is 0.600 bits per heavy atom. The molecule has 5 aromatic rings. The van der Waals surface area contributed by atoms with Crippen molar-refractivity contribution in [1.29, 1.82) is 0 Å². The number of benzene rings is 4. The second-order valence-electron chi connectivity index (χ2n) is 13.1. The van der Waals surface area contributed by atoms with Crippen LogP contribution in [0, 0.1) is 13.8 Å². The van der Waals surface area contributed by atoms with Crippen LogP contribution in [0.2, 0.25) is 19.6 Å². The number of pyridine rings is 1. The van der Waals surface area contributed by atoms with Gasteiger partial charge in [-0.3, -0.25) is 0 Å². The van der Waals surface area contributed by atoms with Gasteiger partial charge in [-0.25, -0.2) is 4.98 Å². The number of hydrogen-bond acceptors (Lipinski definition) is 1. The molecule has 0 saturated heterocycles. The molecule has 0 bridgehead atoms. The summed E-state index contributed by atoms with van der Waals surface area (Å²) in [6.45, 7) is 21.0. The Balaban J connectivity index is 1.90. The van der Waals surface area contributed by atoms with Gasteiger partial charge in [0.2, 0.25) is 0 Å². The van der Waals surface area contributed by atoms with Crippen molar-refractivity contribution in [2.75, 3.05) is 0 Å². The first-order valence-corrected chi connectivity index (χ1v) is 18.2. The van der Waals surface area contributed by atoms with E-state index < -0.39 is 8.07 Å². The van der Waals surface area contributed by atoms with E-state index in [1.807, 2.05) is 0 Å². The van der Waals surface area contributed by atoms with Crippen molar-refractivity contribution >= 4 is 24.2 Å². The number of fused-ring (bicyclic) bond motifs is 1. The number of aromatic nitrogens is 1. The molecule has 0 atom stereocenters. The monoisotopic (exact) mass is 541 g/mol. The van der Waals surface area contributed by atoms with E-state index >= 15 is 0 Å². The van der Waals surface area contributed by atoms with Crippen LogP contribution in [0.4, 0.5) is 0 Å². The van der Waals surface area contributed by atoms with Crippen molar-refractivity contribution in [2.45, 2.75) is 73.0 Å². The van der Waals surface area contributed by atoms with Crippen molar-refractivity contribution in [3.05, 3.63) is 107 Å². The van der Waals surface area contributed by atoms with Crippen LogP contribution in [0.15, 0.2) is 84.9 Å². The predicted molar refractivity (Wildman–Crippen MR) is 179 cm³/mol. The Kier molecular flexibility index (Phi) is 7.59. The summed E-state index contributed by atoms with van der Waals surface area (Å²) in [7, 11) is -1.52. The first kappa shape index (κ1) is 28.1. The molecule has 0 amide bonds. The Labute approximate surface area is 242 Å². The third-order valence-corrected chi connectivity index (χ3v) is 10.1. The predicted octanol–water partition coefficient (Wildman–Crippen LogP) is 10.6. The van der Waals surface area contributed by atoms with Gasteiger partial charge < -0.3 is 0 Å². The molecular formula is C38H43NSi. The van der Waals surface area contributed by atoms with Crippen LogP contribution in [0.5, 0.6) is 0 Å². The smallest absolute Gasteiger partial charge is 0.0776 e. The average molecular weight is 542 g/mol. The molecule has 0 radical (unpaired) electrons. The van der Waals surface area contributed by atoms with Crippen LogP contribution >= 0.6 is 0 Å². The summed E-state index contributed by atoms with van der Waals surface area (Å²) in [5.74, 6) is 0.758. The van der Waals surface area contributed by atoms with Crippen molar-refractivity contribution in [2.24, 2.45) is 0 Å². The summed E-state index contributed by atoms with van der Waals surface area (Å²) < 4.78 is 0. The molecular weight excluding hydrogens is 499 g/mol. The minimum Gasteiger partial charge on any atom is -0.248 e. The molecule has 0 aliphatic rings. The summed E-state index contributed by atoms with van der Waals surface area (Å²) >= 11 is 0. The maximum Gasteiger partial charge on any atom is 0.0776 e.